The number of aromatic nitrogens is 1. The van der Waals surface area contributed by atoms with Crippen LogP contribution in [-0.2, 0) is 6.42 Å². The number of thiazole rings is 1. The lowest BCUT2D eigenvalue weighted by Crippen LogP contribution is -2.48. The number of nitrogens with one attached hydrogen (secondary N) is 1. The zero-order chi connectivity index (χ0) is 16.9. The van der Waals surface area contributed by atoms with E-state index < -0.39 is 0 Å². The van der Waals surface area contributed by atoms with Crippen molar-refractivity contribution in [2.24, 2.45) is 5.73 Å². The normalized spacial score (nSPS) is 16.4. The zero-order valence-corrected chi connectivity index (χ0v) is 16.6. The summed E-state index contributed by atoms with van der Waals surface area (Å²) < 4.78 is 13.4. The molecule has 1 saturated heterocycles. The van der Waals surface area contributed by atoms with Crippen molar-refractivity contribution in [1.29, 1.82) is 0 Å². The maximum atomic E-state index is 13.4. The molecule has 1 amide bonds. The number of carbonyl (C=O) groups is 1. The van der Waals surface area contributed by atoms with Crippen molar-refractivity contribution >= 4 is 47.7 Å². The monoisotopic (exact) mass is 420 g/mol. The minimum absolute atomic E-state index is 0. The van der Waals surface area contributed by atoms with E-state index in [2.05, 4.69) is 15.2 Å². The predicted octanol–water partition coefficient (Wildman–Crippen LogP) is 3.03. The Bertz CT molecular complexity index is 716. The highest BCUT2D eigenvalue weighted by molar-refractivity contribution is 7.09. The highest BCUT2D eigenvalue weighted by Gasteiger charge is 2.23. The van der Waals surface area contributed by atoms with Gasteiger partial charge in [-0.2, -0.15) is 0 Å². The molecule has 1 atom stereocenters. The molecule has 144 valence electrons. The van der Waals surface area contributed by atoms with E-state index in [0.29, 0.717) is 25.2 Å². The van der Waals surface area contributed by atoms with E-state index >= 15 is 0 Å². The van der Waals surface area contributed by atoms with Crippen LogP contribution in [0.5, 0.6) is 0 Å². The van der Waals surface area contributed by atoms with Gasteiger partial charge in [0, 0.05) is 36.6 Å². The van der Waals surface area contributed by atoms with Gasteiger partial charge in [0.15, 0.2) is 0 Å². The summed E-state index contributed by atoms with van der Waals surface area (Å²) in [4.78, 5) is 18.8. The number of anilines is 1. The molecule has 2 heterocycles. The Labute approximate surface area is 169 Å². The van der Waals surface area contributed by atoms with Crippen LogP contribution in [0.1, 0.15) is 28.3 Å². The highest BCUT2D eigenvalue weighted by atomic mass is 35.5. The van der Waals surface area contributed by atoms with Gasteiger partial charge in [-0.1, -0.05) is 6.07 Å². The molecule has 0 spiro atoms. The summed E-state index contributed by atoms with van der Waals surface area (Å²) in [5.74, 6) is -0.394. The van der Waals surface area contributed by atoms with Crippen molar-refractivity contribution in [2.75, 3.05) is 24.5 Å². The first-order valence-electron chi connectivity index (χ1n) is 8.11. The summed E-state index contributed by atoms with van der Waals surface area (Å²) >= 11 is 1.46. The van der Waals surface area contributed by atoms with Crippen molar-refractivity contribution < 1.29 is 9.18 Å². The lowest BCUT2D eigenvalue weighted by molar-refractivity contribution is 0.0928. The number of hydrogen-bond acceptors (Lipinski definition) is 5. The summed E-state index contributed by atoms with van der Waals surface area (Å²) in [5, 5.41) is 5.70. The van der Waals surface area contributed by atoms with Crippen LogP contribution in [0, 0.1) is 5.82 Å². The summed E-state index contributed by atoms with van der Waals surface area (Å²) in [5.41, 5.74) is 6.82. The Kier molecular flexibility index (Phi) is 9.29. The molecule has 3 N–H and O–H groups in total. The SMILES string of the molecule is Cl.Cl.NCCc1nc(C(=O)NC2CCCN(c3cccc(F)c3)C2)cs1. The Hall–Kier alpha value is -1.41. The average Bonchev–Trinajstić information content (AvgIpc) is 3.04. The minimum atomic E-state index is -0.242. The van der Waals surface area contributed by atoms with E-state index in [1.54, 1.807) is 11.4 Å². The van der Waals surface area contributed by atoms with E-state index in [-0.39, 0.29) is 42.6 Å². The summed E-state index contributed by atoms with van der Waals surface area (Å²) in [6.45, 7) is 2.07. The molecule has 1 fully saturated rings. The second-order valence-corrected chi connectivity index (χ2v) is 6.85. The van der Waals surface area contributed by atoms with Crippen molar-refractivity contribution in [3.05, 3.63) is 46.2 Å². The third-order valence-electron chi connectivity index (χ3n) is 4.07. The predicted molar refractivity (Wildman–Crippen MR) is 108 cm³/mol. The Balaban J connectivity index is 0.00000169. The number of carbonyl (C=O) groups excluding carboxylic acids is 1. The Morgan fingerprint density at radius 3 is 2.96 bits per heavy atom. The number of amides is 1. The van der Waals surface area contributed by atoms with Gasteiger partial charge >= 0.3 is 0 Å². The molecule has 0 bridgehead atoms. The molecule has 0 radical (unpaired) electrons. The molecule has 0 aliphatic carbocycles. The first-order chi connectivity index (χ1) is 11.7. The number of hydrogen-bond donors (Lipinski definition) is 2. The van der Waals surface area contributed by atoms with E-state index in [4.69, 9.17) is 5.73 Å². The summed E-state index contributed by atoms with van der Waals surface area (Å²) in [7, 11) is 0. The number of nitrogens with zero attached hydrogens (tertiary/aromatic N) is 2. The molecule has 26 heavy (non-hydrogen) atoms. The van der Waals surface area contributed by atoms with Crippen LogP contribution in [0.2, 0.25) is 0 Å². The van der Waals surface area contributed by atoms with Crippen LogP contribution in [0.3, 0.4) is 0 Å². The maximum absolute atomic E-state index is 13.4. The fraction of sp³-hybridized carbons (Fsp3) is 0.412. The maximum Gasteiger partial charge on any atom is 0.271 e. The molecule has 0 saturated carbocycles. The number of nitrogens with two attached hydrogens (primary N) is 1. The lowest BCUT2D eigenvalue weighted by Gasteiger charge is -2.34. The first kappa shape index (κ1) is 22.6. The quantitative estimate of drug-likeness (QED) is 0.779. The zero-order valence-electron chi connectivity index (χ0n) is 14.2. The Morgan fingerprint density at radius 2 is 2.23 bits per heavy atom. The highest BCUT2D eigenvalue weighted by Crippen LogP contribution is 2.21. The molecule has 1 aliphatic heterocycles. The van der Waals surface area contributed by atoms with Crippen LogP contribution >= 0.6 is 36.2 Å². The van der Waals surface area contributed by atoms with Crippen LogP contribution in [0.25, 0.3) is 0 Å². The second kappa shape index (κ2) is 10.7. The van der Waals surface area contributed by atoms with Crippen LogP contribution in [0.15, 0.2) is 29.6 Å². The largest absolute Gasteiger partial charge is 0.369 e. The van der Waals surface area contributed by atoms with Crippen molar-refractivity contribution in [2.45, 2.75) is 25.3 Å². The van der Waals surface area contributed by atoms with E-state index in [1.807, 2.05) is 6.07 Å². The molecule has 5 nitrogen and oxygen atoms in total. The molecule has 1 aromatic heterocycles. The van der Waals surface area contributed by atoms with Gasteiger partial charge in [-0.05, 0) is 37.6 Å². The molecule has 1 aliphatic rings. The fourth-order valence-corrected chi connectivity index (χ4v) is 3.71. The average molecular weight is 421 g/mol. The third kappa shape index (κ3) is 5.81. The van der Waals surface area contributed by atoms with Gasteiger partial charge in [-0.25, -0.2) is 9.37 Å². The van der Waals surface area contributed by atoms with Crippen molar-refractivity contribution in [3.63, 3.8) is 0 Å². The van der Waals surface area contributed by atoms with Gasteiger partial charge in [0.2, 0.25) is 0 Å². The van der Waals surface area contributed by atoms with Crippen LogP contribution in [0.4, 0.5) is 10.1 Å². The molecular formula is C17H23Cl2FN4OS. The number of benzene rings is 1. The van der Waals surface area contributed by atoms with Crippen LogP contribution < -0.4 is 16.0 Å². The van der Waals surface area contributed by atoms with Gasteiger partial charge in [0.1, 0.15) is 11.5 Å². The number of piperidine rings is 1. The topological polar surface area (TPSA) is 71.2 Å². The third-order valence-corrected chi connectivity index (χ3v) is 4.98. The van der Waals surface area contributed by atoms with Gasteiger partial charge in [-0.15, -0.1) is 36.2 Å². The van der Waals surface area contributed by atoms with E-state index in [9.17, 15) is 9.18 Å². The molecule has 3 rings (SSSR count). The van der Waals surface area contributed by atoms with E-state index in [0.717, 1.165) is 30.1 Å². The van der Waals surface area contributed by atoms with Gasteiger partial charge < -0.3 is 16.0 Å². The lowest BCUT2D eigenvalue weighted by atomic mass is 10.0. The van der Waals surface area contributed by atoms with Crippen molar-refractivity contribution in [1.82, 2.24) is 10.3 Å². The summed E-state index contributed by atoms with van der Waals surface area (Å²) in [6, 6.07) is 6.61. The van der Waals surface area contributed by atoms with Crippen molar-refractivity contribution in [3.8, 4) is 0 Å². The second-order valence-electron chi connectivity index (χ2n) is 5.90. The molecule has 1 unspecified atom stereocenters. The minimum Gasteiger partial charge on any atom is -0.369 e. The summed E-state index contributed by atoms with van der Waals surface area (Å²) in [6.07, 6.45) is 2.56. The molecule has 1 aromatic carbocycles. The Morgan fingerprint density at radius 1 is 1.42 bits per heavy atom. The standard InChI is InChI=1S/C17H21FN4OS.2ClH/c18-12-3-1-5-14(9-12)22-8-2-4-13(10-22)20-17(23)15-11-24-16(21-15)6-7-19;;/h1,3,5,9,11,13H,2,4,6-8,10,19H2,(H,20,23);2*1H. The molecule has 9 heteroatoms. The van der Waals surface area contributed by atoms with Crippen LogP contribution in [-0.4, -0.2) is 36.6 Å². The number of halogens is 3. The smallest absolute Gasteiger partial charge is 0.271 e. The fourth-order valence-electron chi connectivity index (χ4n) is 2.92. The van der Waals surface area contributed by atoms with Gasteiger partial charge in [0.25, 0.3) is 5.91 Å². The first-order valence-corrected chi connectivity index (χ1v) is 8.99. The number of rotatable bonds is 5. The molecular weight excluding hydrogens is 398 g/mol. The molecule has 2 aromatic rings. The van der Waals surface area contributed by atoms with E-state index in [1.165, 1.54) is 23.5 Å². The van der Waals surface area contributed by atoms with Gasteiger partial charge in [0.05, 0.1) is 5.01 Å². The van der Waals surface area contributed by atoms with Gasteiger partial charge in [-0.3, -0.25) is 4.79 Å².